The molecule has 0 unspecified atom stereocenters. The molecule has 23 heavy (non-hydrogen) atoms. The maximum Gasteiger partial charge on any atom is 0.262 e. The predicted octanol–water partition coefficient (Wildman–Crippen LogP) is 2.88. The van der Waals surface area contributed by atoms with Crippen molar-refractivity contribution in [3.05, 3.63) is 65.2 Å². The highest BCUT2D eigenvalue weighted by Crippen LogP contribution is 2.26. The molecule has 0 spiro atoms. The molecule has 0 saturated heterocycles. The number of amides is 1. The molecule has 1 atom stereocenters. The minimum Gasteiger partial charge on any atom is -0.504 e. The monoisotopic (exact) mass is 308 g/mol. The van der Waals surface area contributed by atoms with Gasteiger partial charge in [0, 0.05) is 0 Å². The standard InChI is InChI=1S/C18H16N2O3/c1-12(14-5-3-2-4-6-14)20-18(23)15(11-19)9-13-7-8-16(21)17(22)10-13/h2-10,12,21-22H,1H3,(H,20,23)/b15-9-/t12-/m0/s1. The Labute approximate surface area is 134 Å². The van der Waals surface area contributed by atoms with Crippen LogP contribution in [0.15, 0.2) is 54.1 Å². The summed E-state index contributed by atoms with van der Waals surface area (Å²) < 4.78 is 0. The number of nitriles is 1. The normalized spacial score (nSPS) is 12.3. The van der Waals surface area contributed by atoms with Crippen molar-refractivity contribution in [2.24, 2.45) is 0 Å². The Bertz CT molecular complexity index is 777. The van der Waals surface area contributed by atoms with E-state index in [0.717, 1.165) is 5.56 Å². The average Bonchev–Trinajstić information content (AvgIpc) is 2.56. The number of carbonyl (C=O) groups excluding carboxylic acids is 1. The number of nitrogens with one attached hydrogen (secondary N) is 1. The number of hydrogen-bond acceptors (Lipinski definition) is 4. The van der Waals surface area contributed by atoms with E-state index in [-0.39, 0.29) is 23.1 Å². The first kappa shape index (κ1) is 16.1. The predicted molar refractivity (Wildman–Crippen MR) is 86.4 cm³/mol. The van der Waals surface area contributed by atoms with E-state index < -0.39 is 5.91 Å². The molecule has 5 heteroatoms. The van der Waals surface area contributed by atoms with Crippen LogP contribution < -0.4 is 5.32 Å². The first-order valence-corrected chi connectivity index (χ1v) is 7.01. The zero-order chi connectivity index (χ0) is 16.8. The van der Waals surface area contributed by atoms with Crippen LogP contribution >= 0.6 is 0 Å². The smallest absolute Gasteiger partial charge is 0.262 e. The van der Waals surface area contributed by atoms with Gasteiger partial charge in [0.25, 0.3) is 5.91 Å². The van der Waals surface area contributed by atoms with E-state index in [9.17, 15) is 20.3 Å². The molecule has 0 saturated carbocycles. The number of carbonyl (C=O) groups is 1. The summed E-state index contributed by atoms with van der Waals surface area (Å²) in [5, 5.41) is 30.7. The van der Waals surface area contributed by atoms with E-state index in [1.165, 1.54) is 24.3 Å². The third-order valence-electron chi connectivity index (χ3n) is 3.32. The van der Waals surface area contributed by atoms with Crippen molar-refractivity contribution >= 4 is 12.0 Å². The van der Waals surface area contributed by atoms with Gasteiger partial charge in [0.1, 0.15) is 11.6 Å². The molecule has 2 rings (SSSR count). The molecule has 2 aromatic carbocycles. The Balaban J connectivity index is 2.17. The lowest BCUT2D eigenvalue weighted by Gasteiger charge is -2.13. The summed E-state index contributed by atoms with van der Waals surface area (Å²) in [4.78, 5) is 12.2. The number of benzene rings is 2. The van der Waals surface area contributed by atoms with Crippen molar-refractivity contribution < 1.29 is 15.0 Å². The van der Waals surface area contributed by atoms with Crippen molar-refractivity contribution in [3.8, 4) is 17.6 Å². The summed E-state index contributed by atoms with van der Waals surface area (Å²) in [5.41, 5.74) is 1.29. The van der Waals surface area contributed by atoms with Crippen LogP contribution in [-0.2, 0) is 4.79 Å². The van der Waals surface area contributed by atoms with E-state index in [0.29, 0.717) is 5.56 Å². The van der Waals surface area contributed by atoms with Crippen molar-refractivity contribution in [1.29, 1.82) is 5.26 Å². The Morgan fingerprint density at radius 3 is 2.48 bits per heavy atom. The van der Waals surface area contributed by atoms with Crippen molar-refractivity contribution in [2.75, 3.05) is 0 Å². The van der Waals surface area contributed by atoms with Crippen LogP contribution in [-0.4, -0.2) is 16.1 Å². The number of rotatable bonds is 4. The second-order valence-corrected chi connectivity index (χ2v) is 5.02. The lowest BCUT2D eigenvalue weighted by molar-refractivity contribution is -0.117. The van der Waals surface area contributed by atoms with E-state index in [4.69, 9.17) is 0 Å². The fourth-order valence-corrected chi connectivity index (χ4v) is 2.04. The third kappa shape index (κ3) is 4.11. The number of hydrogen-bond donors (Lipinski definition) is 3. The SMILES string of the molecule is C[C@H](NC(=O)/C(C#N)=C\c1ccc(O)c(O)c1)c1ccccc1. The molecule has 0 radical (unpaired) electrons. The Hall–Kier alpha value is -3.26. The van der Waals surface area contributed by atoms with Crippen LogP contribution in [0, 0.1) is 11.3 Å². The molecule has 0 aliphatic carbocycles. The molecule has 3 N–H and O–H groups in total. The molecule has 2 aromatic rings. The van der Waals surface area contributed by atoms with Gasteiger partial charge in [-0.25, -0.2) is 0 Å². The molecule has 0 aliphatic heterocycles. The summed E-state index contributed by atoms with van der Waals surface area (Å²) in [6, 6.07) is 15.1. The first-order chi connectivity index (χ1) is 11.0. The first-order valence-electron chi connectivity index (χ1n) is 7.01. The number of nitrogens with zero attached hydrogens (tertiary/aromatic N) is 1. The fraction of sp³-hybridized carbons (Fsp3) is 0.111. The second-order valence-electron chi connectivity index (χ2n) is 5.02. The highest BCUT2D eigenvalue weighted by Gasteiger charge is 2.14. The van der Waals surface area contributed by atoms with Gasteiger partial charge < -0.3 is 15.5 Å². The van der Waals surface area contributed by atoms with Gasteiger partial charge in [0.2, 0.25) is 0 Å². The van der Waals surface area contributed by atoms with Gasteiger partial charge in [-0.2, -0.15) is 5.26 Å². The van der Waals surface area contributed by atoms with Gasteiger partial charge in [-0.1, -0.05) is 36.4 Å². The van der Waals surface area contributed by atoms with E-state index in [2.05, 4.69) is 5.32 Å². The van der Waals surface area contributed by atoms with Crippen molar-refractivity contribution in [1.82, 2.24) is 5.32 Å². The molecule has 0 aromatic heterocycles. The molecule has 5 nitrogen and oxygen atoms in total. The maximum absolute atomic E-state index is 12.2. The van der Waals surface area contributed by atoms with Gasteiger partial charge in [0.15, 0.2) is 11.5 Å². The second kappa shape index (κ2) is 7.14. The van der Waals surface area contributed by atoms with Gasteiger partial charge >= 0.3 is 0 Å². The fourth-order valence-electron chi connectivity index (χ4n) is 2.04. The summed E-state index contributed by atoms with van der Waals surface area (Å²) in [6.07, 6.45) is 1.35. The minimum absolute atomic E-state index is 0.0853. The molecule has 1 amide bonds. The Morgan fingerprint density at radius 1 is 1.17 bits per heavy atom. The molecule has 0 aliphatic rings. The topological polar surface area (TPSA) is 93.4 Å². The van der Waals surface area contributed by atoms with Crippen molar-refractivity contribution in [2.45, 2.75) is 13.0 Å². The molecule has 0 heterocycles. The summed E-state index contributed by atoms with van der Waals surface area (Å²) in [6.45, 7) is 1.83. The molecule has 0 fully saturated rings. The highest BCUT2D eigenvalue weighted by atomic mass is 16.3. The van der Waals surface area contributed by atoms with Crippen LogP contribution in [0.2, 0.25) is 0 Å². The van der Waals surface area contributed by atoms with E-state index >= 15 is 0 Å². The van der Waals surface area contributed by atoms with E-state index in [1.54, 1.807) is 0 Å². The van der Waals surface area contributed by atoms with Gasteiger partial charge in [0.05, 0.1) is 6.04 Å². The van der Waals surface area contributed by atoms with Gasteiger partial charge in [-0.05, 0) is 36.3 Å². The van der Waals surface area contributed by atoms with Crippen LogP contribution in [0.1, 0.15) is 24.1 Å². The Kier molecular flexibility index (Phi) is 5.00. The molecular formula is C18H16N2O3. The largest absolute Gasteiger partial charge is 0.504 e. The number of aromatic hydroxyl groups is 2. The lowest BCUT2D eigenvalue weighted by atomic mass is 10.1. The van der Waals surface area contributed by atoms with E-state index in [1.807, 2.05) is 43.3 Å². The van der Waals surface area contributed by atoms with Gasteiger partial charge in [-0.3, -0.25) is 4.79 Å². The summed E-state index contributed by atoms with van der Waals surface area (Å²) in [7, 11) is 0. The third-order valence-corrected chi connectivity index (χ3v) is 3.32. The highest BCUT2D eigenvalue weighted by molar-refractivity contribution is 6.01. The molecule has 116 valence electrons. The van der Waals surface area contributed by atoms with Crippen molar-refractivity contribution in [3.63, 3.8) is 0 Å². The number of phenolic OH excluding ortho intramolecular Hbond substituents is 2. The summed E-state index contributed by atoms with van der Waals surface area (Å²) >= 11 is 0. The maximum atomic E-state index is 12.2. The van der Waals surface area contributed by atoms with Gasteiger partial charge in [-0.15, -0.1) is 0 Å². The average molecular weight is 308 g/mol. The lowest BCUT2D eigenvalue weighted by Crippen LogP contribution is -2.27. The molecule has 0 bridgehead atoms. The van der Waals surface area contributed by atoms with Crippen LogP contribution in [0.5, 0.6) is 11.5 Å². The minimum atomic E-state index is -0.503. The van der Waals surface area contributed by atoms with Crippen LogP contribution in [0.25, 0.3) is 6.08 Å². The Morgan fingerprint density at radius 2 is 1.87 bits per heavy atom. The zero-order valence-electron chi connectivity index (χ0n) is 12.5. The summed E-state index contributed by atoms with van der Waals surface area (Å²) in [5.74, 6) is -1.08. The number of phenols is 2. The molecular weight excluding hydrogens is 292 g/mol. The van der Waals surface area contributed by atoms with Crippen LogP contribution in [0.3, 0.4) is 0 Å². The zero-order valence-corrected chi connectivity index (χ0v) is 12.5. The quantitative estimate of drug-likeness (QED) is 0.460. The van der Waals surface area contributed by atoms with Crippen LogP contribution in [0.4, 0.5) is 0 Å².